The van der Waals surface area contributed by atoms with E-state index < -0.39 is 0 Å². The molecule has 0 spiro atoms. The number of furan rings is 1. The zero-order chi connectivity index (χ0) is 40.0. The van der Waals surface area contributed by atoms with Crippen molar-refractivity contribution in [2.75, 3.05) is 4.90 Å². The molecule has 9 aromatic carbocycles. The second-order valence-electron chi connectivity index (χ2n) is 16.5. The summed E-state index contributed by atoms with van der Waals surface area (Å²) in [6.07, 6.45) is 0. The Bertz CT molecular complexity index is 3460. The monoisotopic (exact) mass is 785 g/mol. The third-order valence-electron chi connectivity index (χ3n) is 12.7. The molecular weight excluding hydrogens is 747 g/mol. The van der Waals surface area contributed by atoms with E-state index in [0.29, 0.717) is 0 Å². The Morgan fingerprint density at radius 3 is 1.83 bits per heavy atom. The van der Waals surface area contributed by atoms with Crippen molar-refractivity contribution < 1.29 is 4.42 Å². The molecule has 2 nitrogen and oxygen atoms in total. The maximum atomic E-state index is 6.26. The molecule has 0 unspecified atom stereocenters. The standard InChI is InChI=1S/C57H39NOS/c1-57(2)50-17-6-3-13-45(50)49-34-39(26-32-51(49)57)38-11-9-12-43(33-38)58(41-27-21-36(22-28-41)40-25-31-47-46-14-5-8-20-54(46)60-55(47)35-40)42-29-23-37(24-30-42)44-16-10-19-53-56(44)48-15-4-7-18-52(48)59-53/h3-35H,1-2H3. The van der Waals surface area contributed by atoms with Crippen LogP contribution in [0.5, 0.6) is 0 Å². The molecule has 284 valence electrons. The molecule has 3 heteroatoms. The average molecular weight is 786 g/mol. The van der Waals surface area contributed by atoms with Crippen LogP contribution in [0, 0.1) is 0 Å². The van der Waals surface area contributed by atoms with Gasteiger partial charge >= 0.3 is 0 Å². The summed E-state index contributed by atoms with van der Waals surface area (Å²) in [5.41, 5.74) is 17.7. The predicted molar refractivity (Wildman–Crippen MR) is 255 cm³/mol. The maximum Gasteiger partial charge on any atom is 0.136 e. The van der Waals surface area contributed by atoms with Crippen LogP contribution in [-0.4, -0.2) is 0 Å². The molecule has 0 N–H and O–H groups in total. The molecule has 11 aromatic rings. The summed E-state index contributed by atoms with van der Waals surface area (Å²) in [4.78, 5) is 2.38. The van der Waals surface area contributed by atoms with Gasteiger partial charge in [0.15, 0.2) is 0 Å². The van der Waals surface area contributed by atoms with E-state index in [4.69, 9.17) is 4.42 Å². The van der Waals surface area contributed by atoms with Gasteiger partial charge < -0.3 is 9.32 Å². The molecule has 0 fully saturated rings. The van der Waals surface area contributed by atoms with Gasteiger partial charge in [0.25, 0.3) is 0 Å². The van der Waals surface area contributed by atoms with E-state index in [1.807, 2.05) is 23.5 Å². The topological polar surface area (TPSA) is 16.4 Å². The molecule has 0 saturated heterocycles. The molecule has 2 heterocycles. The second-order valence-corrected chi connectivity index (χ2v) is 17.6. The molecular formula is C57H39NOS. The Morgan fingerprint density at radius 1 is 0.383 bits per heavy atom. The fourth-order valence-corrected chi connectivity index (χ4v) is 10.8. The zero-order valence-electron chi connectivity index (χ0n) is 33.3. The highest BCUT2D eigenvalue weighted by molar-refractivity contribution is 7.25. The Kier molecular flexibility index (Phi) is 7.79. The molecule has 0 atom stereocenters. The summed E-state index contributed by atoms with van der Waals surface area (Å²) in [6.45, 7) is 4.68. The van der Waals surface area contributed by atoms with Gasteiger partial charge in [-0.2, -0.15) is 0 Å². The number of hydrogen-bond acceptors (Lipinski definition) is 3. The minimum absolute atomic E-state index is 0.0265. The lowest BCUT2D eigenvalue weighted by molar-refractivity contribution is 0.660. The molecule has 2 aromatic heterocycles. The highest BCUT2D eigenvalue weighted by Crippen LogP contribution is 2.50. The van der Waals surface area contributed by atoms with Gasteiger partial charge in [0.05, 0.1) is 0 Å². The predicted octanol–water partition coefficient (Wildman–Crippen LogP) is 16.7. The Morgan fingerprint density at radius 2 is 0.983 bits per heavy atom. The van der Waals surface area contributed by atoms with Crippen LogP contribution >= 0.6 is 11.3 Å². The summed E-state index contributed by atoms with van der Waals surface area (Å²) in [7, 11) is 0. The average Bonchev–Trinajstić information content (AvgIpc) is 3.94. The molecule has 1 aliphatic carbocycles. The van der Waals surface area contributed by atoms with Crippen LogP contribution in [-0.2, 0) is 5.41 Å². The molecule has 12 rings (SSSR count). The van der Waals surface area contributed by atoms with Crippen LogP contribution in [0.2, 0.25) is 0 Å². The van der Waals surface area contributed by atoms with Crippen molar-refractivity contribution in [1.29, 1.82) is 0 Å². The van der Waals surface area contributed by atoms with Crippen LogP contribution in [0.1, 0.15) is 25.0 Å². The SMILES string of the molecule is CC1(C)c2ccccc2-c2cc(-c3cccc(N(c4ccc(-c5ccc6c(c5)sc5ccccc56)cc4)c4ccc(-c5cccc6oc7ccccc7c56)cc4)c3)ccc21. The minimum Gasteiger partial charge on any atom is -0.456 e. The van der Waals surface area contributed by atoms with Gasteiger partial charge in [-0.25, -0.2) is 0 Å². The van der Waals surface area contributed by atoms with E-state index >= 15 is 0 Å². The van der Waals surface area contributed by atoms with Crippen LogP contribution in [0.25, 0.3) is 86.6 Å². The summed E-state index contributed by atoms with van der Waals surface area (Å²) < 4.78 is 8.90. The van der Waals surface area contributed by atoms with Crippen molar-refractivity contribution in [3.8, 4) is 44.5 Å². The van der Waals surface area contributed by atoms with Gasteiger partial charge in [-0.1, -0.05) is 147 Å². The summed E-state index contributed by atoms with van der Waals surface area (Å²) in [5.74, 6) is 0. The first-order valence-corrected chi connectivity index (χ1v) is 21.5. The van der Waals surface area contributed by atoms with Crippen LogP contribution in [0.4, 0.5) is 17.1 Å². The second kappa shape index (κ2) is 13.4. The number of benzene rings is 9. The smallest absolute Gasteiger partial charge is 0.136 e. The van der Waals surface area contributed by atoms with Crippen molar-refractivity contribution >= 4 is 70.5 Å². The van der Waals surface area contributed by atoms with Crippen LogP contribution in [0.15, 0.2) is 205 Å². The van der Waals surface area contributed by atoms with E-state index in [-0.39, 0.29) is 5.41 Å². The van der Waals surface area contributed by atoms with E-state index in [9.17, 15) is 0 Å². The lowest BCUT2D eigenvalue weighted by atomic mass is 9.82. The van der Waals surface area contributed by atoms with Crippen LogP contribution in [0.3, 0.4) is 0 Å². The molecule has 0 radical (unpaired) electrons. The van der Waals surface area contributed by atoms with E-state index in [1.165, 1.54) is 70.2 Å². The summed E-state index contributed by atoms with van der Waals surface area (Å²) in [6, 6.07) is 73.2. The lowest BCUT2D eigenvalue weighted by Crippen LogP contribution is -2.14. The molecule has 0 bridgehead atoms. The van der Waals surface area contributed by atoms with Crippen molar-refractivity contribution in [2.24, 2.45) is 0 Å². The molecule has 1 aliphatic rings. The number of fused-ring (bicyclic) bond motifs is 9. The zero-order valence-corrected chi connectivity index (χ0v) is 34.1. The van der Waals surface area contributed by atoms with Crippen molar-refractivity contribution in [3.63, 3.8) is 0 Å². The Hall–Kier alpha value is -7.20. The van der Waals surface area contributed by atoms with Crippen molar-refractivity contribution in [3.05, 3.63) is 211 Å². The number of anilines is 3. The third kappa shape index (κ3) is 5.47. The van der Waals surface area contributed by atoms with Crippen molar-refractivity contribution in [2.45, 2.75) is 19.3 Å². The van der Waals surface area contributed by atoms with Gasteiger partial charge in [-0.15, -0.1) is 11.3 Å². The highest BCUT2D eigenvalue weighted by Gasteiger charge is 2.35. The fourth-order valence-electron chi connectivity index (χ4n) is 9.69. The molecule has 0 saturated carbocycles. The lowest BCUT2D eigenvalue weighted by Gasteiger charge is -2.26. The van der Waals surface area contributed by atoms with Crippen LogP contribution < -0.4 is 4.90 Å². The van der Waals surface area contributed by atoms with Gasteiger partial charge in [0.1, 0.15) is 11.2 Å². The third-order valence-corrected chi connectivity index (χ3v) is 13.8. The molecule has 60 heavy (non-hydrogen) atoms. The number of thiophene rings is 1. The summed E-state index contributed by atoms with van der Waals surface area (Å²) >= 11 is 1.86. The Balaban J connectivity index is 0.958. The molecule has 0 amide bonds. The quantitative estimate of drug-likeness (QED) is 0.167. The normalized spacial score (nSPS) is 13.0. The maximum absolute atomic E-state index is 6.26. The van der Waals surface area contributed by atoms with Gasteiger partial charge in [0.2, 0.25) is 0 Å². The van der Waals surface area contributed by atoms with E-state index in [0.717, 1.165) is 44.6 Å². The van der Waals surface area contributed by atoms with E-state index in [2.05, 4.69) is 207 Å². The van der Waals surface area contributed by atoms with Crippen molar-refractivity contribution in [1.82, 2.24) is 0 Å². The number of nitrogens with zero attached hydrogens (tertiary/aromatic N) is 1. The Labute approximate surface area is 353 Å². The van der Waals surface area contributed by atoms with Gasteiger partial charge in [-0.05, 0) is 122 Å². The van der Waals surface area contributed by atoms with Gasteiger partial charge in [0, 0.05) is 53.4 Å². The first-order valence-electron chi connectivity index (χ1n) is 20.7. The van der Waals surface area contributed by atoms with Gasteiger partial charge in [-0.3, -0.25) is 0 Å². The van der Waals surface area contributed by atoms with E-state index in [1.54, 1.807) is 0 Å². The molecule has 0 aliphatic heterocycles. The first-order chi connectivity index (χ1) is 29.5. The number of rotatable bonds is 6. The number of para-hydroxylation sites is 1. The first kappa shape index (κ1) is 34.8. The summed E-state index contributed by atoms with van der Waals surface area (Å²) in [5, 5.41) is 4.93. The fraction of sp³-hybridized carbons (Fsp3) is 0.0526. The largest absolute Gasteiger partial charge is 0.456 e. The number of hydrogen-bond donors (Lipinski definition) is 0. The highest BCUT2D eigenvalue weighted by atomic mass is 32.1. The minimum atomic E-state index is -0.0265.